The summed E-state index contributed by atoms with van der Waals surface area (Å²) in [6, 6.07) is -0.728. The molecule has 0 unspecified atom stereocenters. The van der Waals surface area contributed by atoms with Gasteiger partial charge in [-0.2, -0.15) is 0 Å². The minimum absolute atomic E-state index is 0.166. The predicted molar refractivity (Wildman–Crippen MR) is 247 cm³/mol. The van der Waals surface area contributed by atoms with E-state index in [1.807, 2.05) is 50.3 Å². The lowest BCUT2D eigenvalue weighted by atomic mass is 9.72. The van der Waals surface area contributed by atoms with Crippen molar-refractivity contribution in [1.82, 2.24) is 16.0 Å². The summed E-state index contributed by atoms with van der Waals surface area (Å²) in [5.41, 5.74) is 8.71. The Hall–Kier alpha value is -4.27. The molecule has 0 bridgehead atoms. The molecule has 2 aliphatic rings. The smallest absolute Gasteiger partial charge is 0.244 e. The lowest BCUT2D eigenvalue weighted by Gasteiger charge is -2.32. The molecule has 2 rings (SSSR count). The van der Waals surface area contributed by atoms with Crippen molar-refractivity contribution in [2.75, 3.05) is 39.5 Å². The van der Waals surface area contributed by atoms with Crippen molar-refractivity contribution in [3.8, 4) is 0 Å². The van der Waals surface area contributed by atoms with E-state index >= 15 is 0 Å². The molecule has 0 aromatic rings. The Morgan fingerprint density at radius 2 is 1.46 bits per heavy atom. The summed E-state index contributed by atoms with van der Waals surface area (Å²) in [4.78, 5) is 38.9. The molecule has 0 aromatic heterocycles. The highest BCUT2D eigenvalue weighted by Gasteiger charge is 2.27. The van der Waals surface area contributed by atoms with E-state index in [9.17, 15) is 14.4 Å². The monoisotopic (exact) mass is 812 g/mol. The van der Waals surface area contributed by atoms with Crippen LogP contribution in [0.5, 0.6) is 0 Å². The van der Waals surface area contributed by atoms with E-state index in [4.69, 9.17) is 9.47 Å². The molecular weight excluding hydrogens is 735 g/mol. The molecule has 2 aliphatic carbocycles. The van der Waals surface area contributed by atoms with Gasteiger partial charge in [-0.1, -0.05) is 118 Å². The molecule has 0 radical (unpaired) electrons. The van der Waals surface area contributed by atoms with Crippen LogP contribution >= 0.6 is 0 Å². The second-order valence-electron chi connectivity index (χ2n) is 17.3. The molecule has 0 spiro atoms. The number of carbonyl (C=O) groups is 3. The average molecular weight is 812 g/mol. The normalized spacial score (nSPS) is 19.0. The van der Waals surface area contributed by atoms with Crippen molar-refractivity contribution in [3.05, 3.63) is 118 Å². The molecule has 59 heavy (non-hydrogen) atoms. The Bertz CT molecular complexity index is 1690. The molecule has 3 amide bonds. The van der Waals surface area contributed by atoms with Crippen molar-refractivity contribution < 1.29 is 23.9 Å². The summed E-state index contributed by atoms with van der Waals surface area (Å²) < 4.78 is 11.0. The van der Waals surface area contributed by atoms with E-state index in [-0.39, 0.29) is 28.6 Å². The van der Waals surface area contributed by atoms with Gasteiger partial charge in [-0.05, 0) is 126 Å². The molecule has 0 heterocycles. The average Bonchev–Trinajstić information content (AvgIpc) is 3.15. The van der Waals surface area contributed by atoms with Gasteiger partial charge < -0.3 is 25.4 Å². The van der Waals surface area contributed by atoms with Crippen LogP contribution in [-0.4, -0.2) is 63.3 Å². The SMILES string of the molecule is CCCOCCOCCNC(=O)[C@@H](CCCCNC(=O)/C=C(C)/C=C/C=C/C=C1/C(C)=CCCC1(C)C)NC(=O)/C=C(C)/C=C/C=C(C)/C=C/C1=C(C)CCCC1(C)C. The summed E-state index contributed by atoms with van der Waals surface area (Å²) in [5, 5.41) is 8.73. The number of hydrogen-bond acceptors (Lipinski definition) is 5. The van der Waals surface area contributed by atoms with Crippen LogP contribution in [0.1, 0.15) is 127 Å². The number of nitrogens with one attached hydrogen (secondary N) is 3. The second kappa shape index (κ2) is 27.5. The summed E-state index contributed by atoms with van der Waals surface area (Å²) in [6.07, 6.45) is 34.3. The van der Waals surface area contributed by atoms with Crippen LogP contribution in [0.15, 0.2) is 118 Å². The van der Waals surface area contributed by atoms with Crippen molar-refractivity contribution in [2.24, 2.45) is 10.8 Å². The minimum Gasteiger partial charge on any atom is -0.379 e. The number of allylic oxidation sites excluding steroid dienone is 18. The van der Waals surface area contributed by atoms with Crippen LogP contribution in [0.4, 0.5) is 0 Å². The molecule has 8 nitrogen and oxygen atoms in total. The number of carbonyl (C=O) groups excluding carboxylic acids is 3. The zero-order valence-electron chi connectivity index (χ0n) is 38.2. The van der Waals surface area contributed by atoms with E-state index in [0.717, 1.165) is 42.4 Å². The van der Waals surface area contributed by atoms with Crippen LogP contribution < -0.4 is 16.0 Å². The minimum atomic E-state index is -0.728. The second-order valence-corrected chi connectivity index (χ2v) is 17.3. The molecule has 326 valence electrons. The first kappa shape index (κ1) is 50.9. The zero-order valence-corrected chi connectivity index (χ0v) is 38.2. The maximum atomic E-state index is 13.2. The van der Waals surface area contributed by atoms with Gasteiger partial charge in [0.05, 0.1) is 19.8 Å². The topological polar surface area (TPSA) is 106 Å². The van der Waals surface area contributed by atoms with Crippen molar-refractivity contribution in [3.63, 3.8) is 0 Å². The van der Waals surface area contributed by atoms with Gasteiger partial charge in [0.2, 0.25) is 17.7 Å². The molecule has 0 saturated carbocycles. The summed E-state index contributed by atoms with van der Waals surface area (Å²) in [6.45, 7) is 24.3. The predicted octanol–water partition coefficient (Wildman–Crippen LogP) is 10.6. The third kappa shape index (κ3) is 21.0. The zero-order chi connectivity index (χ0) is 43.7. The molecule has 0 aromatic carbocycles. The van der Waals surface area contributed by atoms with Gasteiger partial charge in [0.1, 0.15) is 6.04 Å². The first-order chi connectivity index (χ1) is 28.1. The summed E-state index contributed by atoms with van der Waals surface area (Å²) >= 11 is 0. The lowest BCUT2D eigenvalue weighted by Crippen LogP contribution is -2.47. The van der Waals surface area contributed by atoms with Gasteiger partial charge in [-0.15, -0.1) is 0 Å². The van der Waals surface area contributed by atoms with Crippen LogP contribution in [0.25, 0.3) is 0 Å². The maximum absolute atomic E-state index is 13.2. The van der Waals surface area contributed by atoms with Crippen LogP contribution in [0.3, 0.4) is 0 Å². The van der Waals surface area contributed by atoms with E-state index in [1.165, 1.54) is 41.2 Å². The fraction of sp³-hybridized carbons (Fsp3) is 0.549. The van der Waals surface area contributed by atoms with Crippen LogP contribution in [-0.2, 0) is 23.9 Å². The first-order valence-corrected chi connectivity index (χ1v) is 21.9. The third-order valence-corrected chi connectivity index (χ3v) is 10.8. The van der Waals surface area contributed by atoms with Crippen molar-refractivity contribution in [2.45, 2.75) is 133 Å². The standard InChI is InChI=1S/C51H77N3O5/c1-11-33-58-35-36-59-34-32-53-49(57)46(54-48(56)38-41(4)22-17-21-39(2)27-28-45-43(6)24-19-30-51(45,9)10)26-15-16-31-52-47(55)37-40(3)20-13-12-14-25-44-42(5)23-18-29-50(44,7)8/h12-14,17,20-23,25,27-28,37-38,46H,11,15-16,18-19,24,26,29-36H2,1-10H3,(H,52,55)(H,53,57)(H,54,56)/b14-12+,20-13+,22-17+,28-27+,39-21+,40-37+,41-38+,44-25-/t46-/m1/s1. The third-order valence-electron chi connectivity index (χ3n) is 10.8. The van der Waals surface area contributed by atoms with Gasteiger partial charge in [0, 0.05) is 31.8 Å². The highest BCUT2D eigenvalue weighted by atomic mass is 16.5. The fourth-order valence-corrected chi connectivity index (χ4v) is 7.40. The molecule has 8 heteroatoms. The molecule has 0 saturated heterocycles. The van der Waals surface area contributed by atoms with Crippen LogP contribution in [0.2, 0.25) is 0 Å². The van der Waals surface area contributed by atoms with Gasteiger partial charge in [0.15, 0.2) is 0 Å². The van der Waals surface area contributed by atoms with Gasteiger partial charge in [0.25, 0.3) is 0 Å². The quantitative estimate of drug-likeness (QED) is 0.0511. The Balaban J connectivity index is 1.92. The summed E-state index contributed by atoms with van der Waals surface area (Å²) in [5.74, 6) is -0.769. The Labute approximate surface area is 357 Å². The largest absolute Gasteiger partial charge is 0.379 e. The van der Waals surface area contributed by atoms with Crippen molar-refractivity contribution >= 4 is 17.7 Å². The molecule has 0 fully saturated rings. The fourth-order valence-electron chi connectivity index (χ4n) is 7.40. The number of ether oxygens (including phenoxy) is 2. The number of amides is 3. The van der Waals surface area contributed by atoms with E-state index < -0.39 is 6.04 Å². The van der Waals surface area contributed by atoms with Crippen LogP contribution in [0, 0.1) is 10.8 Å². The lowest BCUT2D eigenvalue weighted by molar-refractivity contribution is -0.127. The highest BCUT2D eigenvalue weighted by Crippen LogP contribution is 2.41. The molecule has 0 aliphatic heterocycles. The number of hydrogen-bond donors (Lipinski definition) is 3. The molecule has 3 N–H and O–H groups in total. The Morgan fingerprint density at radius 1 is 0.763 bits per heavy atom. The molecule has 1 atom stereocenters. The molecular formula is C51H77N3O5. The van der Waals surface area contributed by atoms with E-state index in [2.05, 4.69) is 102 Å². The van der Waals surface area contributed by atoms with E-state index in [0.29, 0.717) is 58.8 Å². The number of unbranched alkanes of at least 4 members (excludes halogenated alkanes) is 1. The van der Waals surface area contributed by atoms with Gasteiger partial charge in [-0.25, -0.2) is 0 Å². The first-order valence-electron chi connectivity index (χ1n) is 21.9. The Kier molecular flexibility index (Phi) is 23.7. The highest BCUT2D eigenvalue weighted by molar-refractivity contribution is 5.93. The number of rotatable bonds is 24. The van der Waals surface area contributed by atoms with Gasteiger partial charge in [-0.3, -0.25) is 14.4 Å². The summed E-state index contributed by atoms with van der Waals surface area (Å²) in [7, 11) is 0. The van der Waals surface area contributed by atoms with Crippen molar-refractivity contribution in [1.29, 1.82) is 0 Å². The Morgan fingerprint density at radius 3 is 2.15 bits per heavy atom. The van der Waals surface area contributed by atoms with Gasteiger partial charge >= 0.3 is 0 Å². The maximum Gasteiger partial charge on any atom is 0.244 e. The van der Waals surface area contributed by atoms with E-state index in [1.54, 1.807) is 6.08 Å².